The van der Waals surface area contributed by atoms with E-state index in [2.05, 4.69) is 27.6 Å². The van der Waals surface area contributed by atoms with E-state index in [1.54, 1.807) is 0 Å². The van der Waals surface area contributed by atoms with E-state index in [1.807, 2.05) is 50.2 Å². The van der Waals surface area contributed by atoms with Crippen molar-refractivity contribution in [2.24, 2.45) is 0 Å². The van der Waals surface area contributed by atoms with Gasteiger partial charge in [-0.3, -0.25) is 4.79 Å². The van der Waals surface area contributed by atoms with Gasteiger partial charge >= 0.3 is 0 Å². The molecule has 0 aliphatic carbocycles. The molecule has 0 amide bonds. The molecule has 1 aromatic heterocycles. The normalized spacial score (nSPS) is 10.4. The molecule has 0 atom stereocenters. The van der Waals surface area contributed by atoms with E-state index in [0.717, 1.165) is 25.4 Å². The number of pyridine rings is 1. The van der Waals surface area contributed by atoms with Crippen molar-refractivity contribution in [1.29, 1.82) is 0 Å². The Morgan fingerprint density at radius 2 is 1.75 bits per heavy atom. The van der Waals surface area contributed by atoms with Gasteiger partial charge in [-0.2, -0.15) is 0 Å². The number of rotatable bonds is 1. The van der Waals surface area contributed by atoms with Crippen LogP contribution in [0.15, 0.2) is 41.2 Å². The van der Waals surface area contributed by atoms with Crippen molar-refractivity contribution in [1.82, 2.24) is 4.98 Å². The lowest BCUT2D eigenvalue weighted by Gasteiger charge is -2.05. The lowest BCUT2D eigenvalue weighted by atomic mass is 10.0. The molecule has 0 unspecified atom stereocenters. The van der Waals surface area contributed by atoms with Crippen molar-refractivity contribution >= 4 is 44.3 Å². The van der Waals surface area contributed by atoms with E-state index in [1.165, 1.54) is 0 Å². The van der Waals surface area contributed by atoms with Crippen LogP contribution in [0.1, 0.15) is 19.4 Å². The maximum Gasteiger partial charge on any atom is 0.256 e. The minimum Gasteiger partial charge on any atom is -0.392 e. The third-order valence-electron chi connectivity index (χ3n) is 3.03. The maximum absolute atomic E-state index is 12.0. The minimum atomic E-state index is -0.0935. The van der Waals surface area contributed by atoms with Crippen LogP contribution in [-0.2, 0) is 6.61 Å². The number of aromatic amines is 1. The van der Waals surface area contributed by atoms with E-state index in [9.17, 15) is 4.79 Å². The van der Waals surface area contributed by atoms with Gasteiger partial charge < -0.3 is 10.1 Å². The zero-order chi connectivity index (χ0) is 14.7. The lowest BCUT2D eigenvalue weighted by Crippen LogP contribution is -2.06. The molecule has 0 aliphatic heterocycles. The number of aliphatic hydroxyl groups excluding tert-OH is 1. The van der Waals surface area contributed by atoms with Crippen LogP contribution in [0, 0.1) is 3.57 Å². The van der Waals surface area contributed by atoms with Crippen LogP contribution >= 0.6 is 22.6 Å². The fraction of sp³-hybridized carbons (Fsp3) is 0.188. The molecule has 104 valence electrons. The van der Waals surface area contributed by atoms with Crippen molar-refractivity contribution in [3.8, 4) is 0 Å². The van der Waals surface area contributed by atoms with Gasteiger partial charge in [0, 0.05) is 19.9 Å². The average Bonchev–Trinajstić information content (AvgIpc) is 2.48. The van der Waals surface area contributed by atoms with Crippen molar-refractivity contribution in [2.75, 3.05) is 0 Å². The maximum atomic E-state index is 12.0. The van der Waals surface area contributed by atoms with Gasteiger partial charge in [-0.05, 0) is 57.8 Å². The fourth-order valence-corrected chi connectivity index (χ4v) is 2.65. The van der Waals surface area contributed by atoms with Crippen LogP contribution in [0.25, 0.3) is 21.7 Å². The topological polar surface area (TPSA) is 53.1 Å². The molecule has 3 rings (SSSR count). The molecule has 4 heteroatoms. The molecule has 0 saturated carbocycles. The summed E-state index contributed by atoms with van der Waals surface area (Å²) >= 11 is 2.23. The number of aromatic nitrogens is 1. The van der Waals surface area contributed by atoms with E-state index >= 15 is 0 Å². The van der Waals surface area contributed by atoms with Gasteiger partial charge in [0.05, 0.1) is 6.61 Å². The summed E-state index contributed by atoms with van der Waals surface area (Å²) in [7, 11) is 0. The van der Waals surface area contributed by atoms with Crippen molar-refractivity contribution < 1.29 is 5.11 Å². The Morgan fingerprint density at radius 1 is 1.05 bits per heavy atom. The van der Waals surface area contributed by atoms with Gasteiger partial charge in [0.25, 0.3) is 5.56 Å². The number of fused-ring (bicyclic) bond motifs is 3. The van der Waals surface area contributed by atoms with Gasteiger partial charge in [0.2, 0.25) is 0 Å². The Hall–Kier alpha value is -1.40. The van der Waals surface area contributed by atoms with Gasteiger partial charge in [0.1, 0.15) is 0 Å². The second-order valence-corrected chi connectivity index (χ2v) is 5.43. The Kier molecular flexibility index (Phi) is 4.77. The Labute approximate surface area is 130 Å². The molecule has 0 radical (unpaired) electrons. The average molecular weight is 381 g/mol. The van der Waals surface area contributed by atoms with E-state index in [-0.39, 0.29) is 12.2 Å². The predicted octanol–water partition coefficient (Wildman–Crippen LogP) is 3.80. The first-order valence-electron chi connectivity index (χ1n) is 6.54. The summed E-state index contributed by atoms with van der Waals surface area (Å²) in [6, 6.07) is 11.4. The number of hydrogen-bond acceptors (Lipinski definition) is 2. The van der Waals surface area contributed by atoms with Gasteiger partial charge in [-0.25, -0.2) is 0 Å². The van der Waals surface area contributed by atoms with Crippen LogP contribution in [0.4, 0.5) is 0 Å². The largest absolute Gasteiger partial charge is 0.392 e. The monoisotopic (exact) mass is 381 g/mol. The quantitative estimate of drug-likeness (QED) is 0.498. The SMILES string of the molecule is CC.O=c1[nH]c2cc(CO)ccc2c2cc(I)ccc12. The van der Waals surface area contributed by atoms with Crippen LogP contribution < -0.4 is 5.56 Å². The highest BCUT2D eigenvalue weighted by Crippen LogP contribution is 2.23. The zero-order valence-corrected chi connectivity index (χ0v) is 13.6. The van der Waals surface area contributed by atoms with Crippen LogP contribution in [0.3, 0.4) is 0 Å². The summed E-state index contributed by atoms with van der Waals surface area (Å²) in [6.07, 6.45) is 0. The van der Waals surface area contributed by atoms with Gasteiger partial charge in [-0.15, -0.1) is 0 Å². The summed E-state index contributed by atoms with van der Waals surface area (Å²) in [5.41, 5.74) is 1.47. The number of aliphatic hydroxyl groups is 1. The number of hydrogen-bond donors (Lipinski definition) is 2. The summed E-state index contributed by atoms with van der Waals surface area (Å²) in [5, 5.41) is 11.8. The summed E-state index contributed by atoms with van der Waals surface area (Å²) in [4.78, 5) is 14.8. The second-order valence-electron chi connectivity index (χ2n) is 4.18. The fourth-order valence-electron chi connectivity index (χ4n) is 2.15. The predicted molar refractivity (Wildman–Crippen MR) is 92.1 cm³/mol. The highest BCUT2D eigenvalue weighted by Gasteiger charge is 2.06. The Balaban J connectivity index is 0.000000704. The number of halogens is 1. The van der Waals surface area contributed by atoms with Gasteiger partial charge in [0.15, 0.2) is 0 Å². The van der Waals surface area contributed by atoms with Crippen LogP contribution in [0.2, 0.25) is 0 Å². The lowest BCUT2D eigenvalue weighted by molar-refractivity contribution is 0.282. The van der Waals surface area contributed by atoms with E-state index in [4.69, 9.17) is 5.11 Å². The Morgan fingerprint density at radius 3 is 2.45 bits per heavy atom. The van der Waals surface area contributed by atoms with Gasteiger partial charge in [-0.1, -0.05) is 26.0 Å². The third kappa shape index (κ3) is 2.71. The molecule has 2 N–H and O–H groups in total. The standard InChI is InChI=1S/C14H10INO2.C2H6/c15-9-2-4-11-12(6-9)10-3-1-8(7-17)5-13(10)16-14(11)18;1-2/h1-6,17H,7H2,(H,16,18);1-2H3. The molecule has 1 heterocycles. The molecule has 0 spiro atoms. The summed E-state index contributed by atoms with van der Waals surface area (Å²) in [5.74, 6) is 0. The molecule has 3 nitrogen and oxygen atoms in total. The van der Waals surface area contributed by atoms with E-state index < -0.39 is 0 Å². The smallest absolute Gasteiger partial charge is 0.256 e. The van der Waals surface area contributed by atoms with Crippen LogP contribution in [-0.4, -0.2) is 10.1 Å². The first-order chi connectivity index (χ1) is 9.69. The molecule has 0 aliphatic rings. The first-order valence-corrected chi connectivity index (χ1v) is 7.62. The molecule has 0 bridgehead atoms. The number of benzene rings is 2. The molecule has 2 aromatic carbocycles. The molecule has 0 fully saturated rings. The van der Waals surface area contributed by atoms with Crippen molar-refractivity contribution in [3.05, 3.63) is 55.9 Å². The molecule has 0 saturated heterocycles. The molecular formula is C16H16INO2. The van der Waals surface area contributed by atoms with Crippen molar-refractivity contribution in [3.63, 3.8) is 0 Å². The van der Waals surface area contributed by atoms with Crippen molar-refractivity contribution in [2.45, 2.75) is 20.5 Å². The minimum absolute atomic E-state index is 0.0255. The molecule has 3 aromatic rings. The number of nitrogens with one attached hydrogen (secondary N) is 1. The van der Waals surface area contributed by atoms with Crippen LogP contribution in [0.5, 0.6) is 0 Å². The molecular weight excluding hydrogens is 365 g/mol. The number of H-pyrrole nitrogens is 1. The Bertz CT molecular complexity index is 809. The first kappa shape index (κ1) is 15.0. The molecule has 20 heavy (non-hydrogen) atoms. The highest BCUT2D eigenvalue weighted by atomic mass is 127. The summed E-state index contributed by atoms with van der Waals surface area (Å²) in [6.45, 7) is 3.97. The third-order valence-corrected chi connectivity index (χ3v) is 3.70. The summed E-state index contributed by atoms with van der Waals surface area (Å²) < 4.78 is 1.10. The van der Waals surface area contributed by atoms with E-state index in [0.29, 0.717) is 5.39 Å². The second kappa shape index (κ2) is 6.37. The highest BCUT2D eigenvalue weighted by molar-refractivity contribution is 14.1. The zero-order valence-electron chi connectivity index (χ0n) is 11.4.